The molecule has 2 aliphatic heterocycles. The third kappa shape index (κ3) is 4.29. The number of halogens is 5. The van der Waals surface area contributed by atoms with Gasteiger partial charge in [-0.1, -0.05) is 0 Å². The fourth-order valence-electron chi connectivity index (χ4n) is 3.93. The van der Waals surface area contributed by atoms with Gasteiger partial charge < -0.3 is 10.2 Å². The van der Waals surface area contributed by atoms with Crippen LogP contribution in [0.5, 0.6) is 0 Å². The van der Waals surface area contributed by atoms with Crippen LogP contribution in [0, 0.1) is 11.3 Å². The molecule has 0 aromatic carbocycles. The molecule has 24 heavy (non-hydrogen) atoms. The minimum absolute atomic E-state index is 0. The van der Waals surface area contributed by atoms with Gasteiger partial charge >= 0.3 is 6.18 Å². The van der Waals surface area contributed by atoms with Crippen molar-refractivity contribution in [2.75, 3.05) is 39.3 Å². The van der Waals surface area contributed by atoms with Gasteiger partial charge in [-0.05, 0) is 44.7 Å². The van der Waals surface area contributed by atoms with E-state index >= 15 is 0 Å². The fraction of sp³-hybridized carbons (Fsp3) is 0.933. The number of rotatable bonds is 2. The second-order valence-electron chi connectivity index (χ2n) is 6.95. The maximum absolute atomic E-state index is 12.7. The summed E-state index contributed by atoms with van der Waals surface area (Å²) in [7, 11) is 0. The van der Waals surface area contributed by atoms with Crippen molar-refractivity contribution in [3.8, 4) is 0 Å². The first-order valence-electron chi connectivity index (χ1n) is 8.14. The number of carbonyl (C=O) groups is 1. The number of amides is 1. The molecule has 2 heterocycles. The molecule has 1 saturated carbocycles. The summed E-state index contributed by atoms with van der Waals surface area (Å²) >= 11 is 0. The lowest BCUT2D eigenvalue weighted by atomic mass is 9.91. The van der Waals surface area contributed by atoms with Crippen molar-refractivity contribution in [1.82, 2.24) is 15.1 Å². The van der Waals surface area contributed by atoms with Crippen molar-refractivity contribution in [2.24, 2.45) is 11.3 Å². The molecule has 9 heteroatoms. The quantitative estimate of drug-likeness (QED) is 0.784. The molecule has 3 aliphatic rings. The van der Waals surface area contributed by atoms with E-state index in [1.165, 1.54) is 11.8 Å². The molecule has 1 spiro atoms. The smallest absolute Gasteiger partial charge is 0.340 e. The van der Waals surface area contributed by atoms with E-state index in [1.807, 2.05) is 0 Å². The van der Waals surface area contributed by atoms with Crippen LogP contribution in [0.15, 0.2) is 0 Å². The highest BCUT2D eigenvalue weighted by Gasteiger charge is 2.58. The van der Waals surface area contributed by atoms with Gasteiger partial charge in [0.15, 0.2) is 0 Å². The van der Waals surface area contributed by atoms with Gasteiger partial charge in [0.05, 0.1) is 0 Å². The Morgan fingerprint density at radius 3 is 2.17 bits per heavy atom. The molecular formula is C15H26Cl2F3N3O. The van der Waals surface area contributed by atoms with Gasteiger partial charge in [-0.2, -0.15) is 13.2 Å². The Hall–Kier alpha value is -0.240. The number of piperidine rings is 1. The van der Waals surface area contributed by atoms with E-state index < -0.39 is 12.2 Å². The van der Waals surface area contributed by atoms with E-state index in [2.05, 4.69) is 5.32 Å². The number of alkyl halides is 3. The first-order valence-corrected chi connectivity index (χ1v) is 8.14. The highest BCUT2D eigenvalue weighted by Crippen LogP contribution is 2.59. The molecule has 0 bridgehead atoms. The molecular weight excluding hydrogens is 366 g/mol. The summed E-state index contributed by atoms with van der Waals surface area (Å²) in [5.41, 5.74) is 0.193. The maximum Gasteiger partial charge on any atom is 0.403 e. The van der Waals surface area contributed by atoms with Crippen molar-refractivity contribution in [3.05, 3.63) is 0 Å². The zero-order valence-electron chi connectivity index (χ0n) is 13.8. The van der Waals surface area contributed by atoms with E-state index in [0.29, 0.717) is 26.2 Å². The van der Waals surface area contributed by atoms with Crippen LogP contribution >= 0.6 is 24.8 Å². The van der Waals surface area contributed by atoms with Gasteiger partial charge in [0.25, 0.3) is 0 Å². The summed E-state index contributed by atoms with van der Waals surface area (Å²) in [6.45, 7) is 4.61. The van der Waals surface area contributed by atoms with Gasteiger partial charge in [-0.15, -0.1) is 24.8 Å². The van der Waals surface area contributed by atoms with Gasteiger partial charge in [0, 0.05) is 32.1 Å². The molecule has 3 rings (SSSR count). The van der Waals surface area contributed by atoms with Crippen LogP contribution in [-0.4, -0.2) is 67.2 Å². The van der Waals surface area contributed by atoms with Crippen molar-refractivity contribution in [1.29, 1.82) is 0 Å². The summed E-state index contributed by atoms with van der Waals surface area (Å²) in [6, 6.07) is -1.43. The number of nitrogens with zero attached hydrogens (tertiary/aromatic N) is 2. The molecule has 2 atom stereocenters. The van der Waals surface area contributed by atoms with Crippen LogP contribution in [0.3, 0.4) is 0 Å². The SMILES string of the molecule is CC(N1CCN(C(=O)C2CC23CCNCC3)CC1)C(F)(F)F.Cl.Cl. The van der Waals surface area contributed by atoms with Gasteiger partial charge in [-0.3, -0.25) is 9.69 Å². The Kier molecular flexibility index (Phi) is 7.24. The topological polar surface area (TPSA) is 35.6 Å². The second-order valence-corrected chi connectivity index (χ2v) is 6.95. The molecule has 1 aliphatic carbocycles. The Morgan fingerprint density at radius 1 is 1.12 bits per heavy atom. The van der Waals surface area contributed by atoms with Crippen LogP contribution in [-0.2, 0) is 4.79 Å². The van der Waals surface area contributed by atoms with Crippen LogP contribution < -0.4 is 5.32 Å². The van der Waals surface area contributed by atoms with Crippen LogP contribution in [0.2, 0.25) is 0 Å². The summed E-state index contributed by atoms with van der Waals surface area (Å²) in [4.78, 5) is 15.8. The number of hydrogen-bond donors (Lipinski definition) is 1. The predicted molar refractivity (Wildman–Crippen MR) is 90.8 cm³/mol. The van der Waals surface area contributed by atoms with Gasteiger partial charge in [0.2, 0.25) is 5.91 Å². The van der Waals surface area contributed by atoms with Gasteiger partial charge in [-0.25, -0.2) is 0 Å². The van der Waals surface area contributed by atoms with E-state index in [1.54, 1.807) is 4.90 Å². The Labute approximate surface area is 153 Å². The van der Waals surface area contributed by atoms with Crippen molar-refractivity contribution in [2.45, 2.75) is 38.4 Å². The molecule has 2 saturated heterocycles. The number of nitrogens with one attached hydrogen (secondary N) is 1. The van der Waals surface area contributed by atoms with E-state index in [0.717, 1.165) is 32.4 Å². The lowest BCUT2D eigenvalue weighted by molar-refractivity contribution is -0.183. The fourth-order valence-corrected chi connectivity index (χ4v) is 3.93. The summed E-state index contributed by atoms with van der Waals surface area (Å²) < 4.78 is 38.2. The third-order valence-electron chi connectivity index (χ3n) is 5.73. The highest BCUT2D eigenvalue weighted by atomic mass is 35.5. The standard InChI is InChI=1S/C15H24F3N3O.2ClH/c1-11(15(16,17)18)20-6-8-21(9-7-20)13(22)12-10-14(12)2-4-19-5-3-14;;/h11-12,19H,2-10H2,1H3;2*1H. The molecule has 1 N–H and O–H groups in total. The average molecular weight is 392 g/mol. The molecule has 0 aromatic rings. The zero-order valence-corrected chi connectivity index (χ0v) is 15.4. The Bertz CT molecular complexity index is 436. The minimum Gasteiger partial charge on any atom is -0.340 e. The summed E-state index contributed by atoms with van der Waals surface area (Å²) in [5.74, 6) is 0.280. The summed E-state index contributed by atoms with van der Waals surface area (Å²) in [6.07, 6.45) is -1.13. The Morgan fingerprint density at radius 2 is 1.67 bits per heavy atom. The van der Waals surface area contributed by atoms with E-state index in [4.69, 9.17) is 0 Å². The number of piperazine rings is 1. The normalized spacial score (nSPS) is 27.8. The first kappa shape index (κ1) is 21.8. The first-order chi connectivity index (χ1) is 10.3. The lowest BCUT2D eigenvalue weighted by Crippen LogP contribution is -2.55. The maximum atomic E-state index is 12.7. The third-order valence-corrected chi connectivity index (χ3v) is 5.73. The van der Waals surface area contributed by atoms with Crippen molar-refractivity contribution >= 4 is 30.7 Å². The molecule has 142 valence electrons. The van der Waals surface area contributed by atoms with Crippen LogP contribution in [0.4, 0.5) is 13.2 Å². The van der Waals surface area contributed by atoms with Crippen molar-refractivity contribution < 1.29 is 18.0 Å². The molecule has 2 unspecified atom stereocenters. The van der Waals surface area contributed by atoms with Crippen LogP contribution in [0.1, 0.15) is 26.2 Å². The van der Waals surface area contributed by atoms with Gasteiger partial charge in [0.1, 0.15) is 6.04 Å². The molecule has 3 fully saturated rings. The number of carbonyl (C=O) groups excluding carboxylic acids is 1. The monoisotopic (exact) mass is 391 g/mol. The second kappa shape index (κ2) is 7.98. The van der Waals surface area contributed by atoms with E-state index in [-0.39, 0.29) is 42.1 Å². The van der Waals surface area contributed by atoms with Crippen LogP contribution in [0.25, 0.3) is 0 Å². The highest BCUT2D eigenvalue weighted by molar-refractivity contribution is 5.85. The predicted octanol–water partition coefficient (Wildman–Crippen LogP) is 2.31. The van der Waals surface area contributed by atoms with E-state index in [9.17, 15) is 18.0 Å². The molecule has 4 nitrogen and oxygen atoms in total. The summed E-state index contributed by atoms with van der Waals surface area (Å²) in [5, 5.41) is 3.31. The average Bonchev–Trinajstić information content (AvgIpc) is 3.19. The number of hydrogen-bond acceptors (Lipinski definition) is 3. The lowest BCUT2D eigenvalue weighted by Gasteiger charge is -2.39. The zero-order chi connectivity index (χ0) is 16.0. The molecule has 1 amide bonds. The minimum atomic E-state index is -4.19. The Balaban J connectivity index is 0.00000144. The largest absolute Gasteiger partial charge is 0.403 e. The molecule has 0 aromatic heterocycles. The molecule has 0 radical (unpaired) electrons. The van der Waals surface area contributed by atoms with Crippen molar-refractivity contribution in [3.63, 3.8) is 0 Å².